The number of carbonyl (C=O) groups excluding carboxylic acids is 1. The molecule has 1 aromatic carbocycles. The zero-order chi connectivity index (χ0) is 18.1. The molecule has 7 heteroatoms. The molecule has 0 radical (unpaired) electrons. The van der Waals surface area contributed by atoms with E-state index in [1.54, 1.807) is 33.6 Å². The maximum atomic E-state index is 13.1. The molecule has 4 rings (SSSR count). The molecular weight excluding hydrogens is 350 g/mol. The molecule has 2 aromatic rings. The summed E-state index contributed by atoms with van der Waals surface area (Å²) in [6, 6.07) is 10.7. The Morgan fingerprint density at radius 3 is 2.73 bits per heavy atom. The zero-order valence-electron chi connectivity index (χ0n) is 13.9. The van der Waals surface area contributed by atoms with E-state index < -0.39 is 0 Å². The van der Waals surface area contributed by atoms with Gasteiger partial charge in [-0.2, -0.15) is 0 Å². The number of nitrogens with zero attached hydrogens (tertiary/aromatic N) is 2. The molecule has 3 heterocycles. The van der Waals surface area contributed by atoms with Crippen LogP contribution in [0.15, 0.2) is 70.4 Å². The Morgan fingerprint density at radius 2 is 2.04 bits per heavy atom. The SMILES string of the molecule is C=CC(C1=CS1)N1CNn2ccc(=O)c(OCc3ccccc3)c2C1=O. The number of amides is 1. The summed E-state index contributed by atoms with van der Waals surface area (Å²) < 4.78 is 7.31. The van der Waals surface area contributed by atoms with Crippen molar-refractivity contribution in [2.45, 2.75) is 12.6 Å². The normalized spacial score (nSPS) is 16.2. The van der Waals surface area contributed by atoms with Crippen molar-refractivity contribution in [2.24, 2.45) is 0 Å². The van der Waals surface area contributed by atoms with E-state index in [4.69, 9.17) is 4.74 Å². The van der Waals surface area contributed by atoms with Gasteiger partial charge in [-0.25, -0.2) is 0 Å². The van der Waals surface area contributed by atoms with E-state index in [2.05, 4.69) is 12.0 Å². The quantitative estimate of drug-likeness (QED) is 0.795. The van der Waals surface area contributed by atoms with Gasteiger partial charge in [-0.05, 0) is 11.0 Å². The van der Waals surface area contributed by atoms with Crippen LogP contribution in [0, 0.1) is 0 Å². The van der Waals surface area contributed by atoms with Crippen molar-refractivity contribution in [3.05, 3.63) is 87.0 Å². The van der Waals surface area contributed by atoms with Crippen LogP contribution >= 0.6 is 11.8 Å². The molecular formula is C19H17N3O3S. The van der Waals surface area contributed by atoms with Crippen LogP contribution in [0.1, 0.15) is 16.1 Å². The number of nitrogens with one attached hydrogen (secondary N) is 1. The highest BCUT2D eigenvalue weighted by Gasteiger charge is 2.35. The maximum Gasteiger partial charge on any atom is 0.278 e. The van der Waals surface area contributed by atoms with Gasteiger partial charge in [-0.1, -0.05) is 48.2 Å². The summed E-state index contributed by atoms with van der Waals surface area (Å²) in [7, 11) is 0. The highest BCUT2D eigenvalue weighted by atomic mass is 32.2. The van der Waals surface area contributed by atoms with Crippen molar-refractivity contribution in [3.8, 4) is 5.75 Å². The Balaban J connectivity index is 1.66. The van der Waals surface area contributed by atoms with E-state index in [9.17, 15) is 9.59 Å². The predicted molar refractivity (Wildman–Crippen MR) is 102 cm³/mol. The van der Waals surface area contributed by atoms with Crippen molar-refractivity contribution >= 4 is 17.7 Å². The molecule has 26 heavy (non-hydrogen) atoms. The van der Waals surface area contributed by atoms with Crippen LogP contribution in [0.3, 0.4) is 0 Å². The topological polar surface area (TPSA) is 63.6 Å². The van der Waals surface area contributed by atoms with Crippen LogP contribution in [0.25, 0.3) is 0 Å². The average molecular weight is 367 g/mol. The van der Waals surface area contributed by atoms with Crippen molar-refractivity contribution < 1.29 is 9.53 Å². The van der Waals surface area contributed by atoms with Crippen LogP contribution in [-0.4, -0.2) is 28.2 Å². The van der Waals surface area contributed by atoms with Crippen LogP contribution in [0.4, 0.5) is 0 Å². The van der Waals surface area contributed by atoms with Crippen LogP contribution in [0.2, 0.25) is 0 Å². The molecule has 2 aliphatic rings. The first-order chi connectivity index (χ1) is 12.7. The van der Waals surface area contributed by atoms with E-state index in [0.717, 1.165) is 10.5 Å². The molecule has 0 spiro atoms. The number of rotatable bonds is 6. The Bertz CT molecular complexity index is 952. The molecule has 2 aliphatic heterocycles. The number of fused-ring (bicyclic) bond motifs is 1. The summed E-state index contributed by atoms with van der Waals surface area (Å²) in [5, 5.41) is 1.99. The number of hydrogen-bond donors (Lipinski definition) is 1. The summed E-state index contributed by atoms with van der Waals surface area (Å²) in [4.78, 5) is 28.2. The fraction of sp³-hybridized carbons (Fsp3) is 0.158. The van der Waals surface area contributed by atoms with E-state index in [0.29, 0.717) is 6.67 Å². The standard InChI is InChI=1S/C19H17N3O3S/c1-2-14(16-11-26-16)21-12-20-22-9-8-15(23)18(17(22)19(21)24)25-10-13-6-4-3-5-7-13/h2-9,11,14,20H,1,10,12H2. The molecule has 1 aromatic heterocycles. The fourth-order valence-electron chi connectivity index (χ4n) is 2.87. The number of aromatic nitrogens is 1. The maximum absolute atomic E-state index is 13.1. The van der Waals surface area contributed by atoms with E-state index in [-0.39, 0.29) is 35.4 Å². The van der Waals surface area contributed by atoms with Gasteiger partial charge in [-0.3, -0.25) is 14.3 Å². The number of carbonyl (C=O) groups is 1. The summed E-state index contributed by atoms with van der Waals surface area (Å²) in [6.45, 7) is 4.36. The molecule has 0 aliphatic carbocycles. The van der Waals surface area contributed by atoms with Gasteiger partial charge < -0.3 is 15.1 Å². The van der Waals surface area contributed by atoms with Gasteiger partial charge in [-0.15, -0.1) is 6.58 Å². The second-order valence-electron chi connectivity index (χ2n) is 5.91. The third-order valence-electron chi connectivity index (χ3n) is 4.26. The molecule has 1 N–H and O–H groups in total. The number of hydrogen-bond acceptors (Lipinski definition) is 5. The number of thioether (sulfide) groups is 1. The summed E-state index contributed by atoms with van der Waals surface area (Å²) >= 11 is 1.59. The van der Waals surface area contributed by atoms with Gasteiger partial charge in [0.1, 0.15) is 13.3 Å². The smallest absolute Gasteiger partial charge is 0.278 e. The van der Waals surface area contributed by atoms with E-state index in [1.165, 1.54) is 6.07 Å². The lowest BCUT2D eigenvalue weighted by atomic mass is 10.2. The first kappa shape index (κ1) is 16.5. The van der Waals surface area contributed by atoms with Crippen molar-refractivity contribution in [1.29, 1.82) is 0 Å². The monoisotopic (exact) mass is 367 g/mol. The van der Waals surface area contributed by atoms with Gasteiger partial charge in [0, 0.05) is 17.2 Å². The number of ether oxygens (including phenoxy) is 1. The van der Waals surface area contributed by atoms with Gasteiger partial charge in [0.15, 0.2) is 11.4 Å². The molecule has 0 saturated carbocycles. The minimum atomic E-state index is -0.320. The lowest BCUT2D eigenvalue weighted by molar-refractivity contribution is 0.0702. The predicted octanol–water partition coefficient (Wildman–Crippen LogP) is 2.53. The molecule has 1 amide bonds. The molecule has 132 valence electrons. The first-order valence-corrected chi connectivity index (χ1v) is 9.03. The minimum Gasteiger partial charge on any atom is -0.482 e. The summed E-state index contributed by atoms with van der Waals surface area (Å²) in [5.41, 5.74) is 3.93. The first-order valence-electron chi connectivity index (χ1n) is 8.15. The second kappa shape index (κ2) is 6.76. The summed E-state index contributed by atoms with van der Waals surface area (Å²) in [6.07, 6.45) is 3.28. The van der Waals surface area contributed by atoms with Gasteiger partial charge in [0.05, 0.1) is 6.04 Å². The largest absolute Gasteiger partial charge is 0.482 e. The molecule has 1 unspecified atom stereocenters. The average Bonchev–Trinajstić information content (AvgIpc) is 3.49. The van der Waals surface area contributed by atoms with Gasteiger partial charge in [0.2, 0.25) is 5.43 Å². The summed E-state index contributed by atoms with van der Waals surface area (Å²) in [5.74, 6) is -0.207. The Hall–Kier alpha value is -2.93. The molecule has 0 saturated heterocycles. The highest BCUT2D eigenvalue weighted by Crippen LogP contribution is 2.40. The van der Waals surface area contributed by atoms with Crippen molar-refractivity contribution in [1.82, 2.24) is 9.58 Å². The van der Waals surface area contributed by atoms with Gasteiger partial charge in [0.25, 0.3) is 5.91 Å². The Labute approximate surface area is 154 Å². The van der Waals surface area contributed by atoms with Crippen LogP contribution in [-0.2, 0) is 6.61 Å². The molecule has 0 fully saturated rings. The van der Waals surface area contributed by atoms with E-state index >= 15 is 0 Å². The van der Waals surface area contributed by atoms with Crippen molar-refractivity contribution in [3.63, 3.8) is 0 Å². The van der Waals surface area contributed by atoms with E-state index in [1.807, 2.05) is 35.7 Å². The lowest BCUT2D eigenvalue weighted by Gasteiger charge is -2.35. The highest BCUT2D eigenvalue weighted by molar-refractivity contribution is 8.12. The van der Waals surface area contributed by atoms with Crippen LogP contribution in [0.5, 0.6) is 5.75 Å². The Morgan fingerprint density at radius 1 is 1.27 bits per heavy atom. The number of benzene rings is 1. The third-order valence-corrected chi connectivity index (χ3v) is 5.01. The third kappa shape index (κ3) is 3.01. The second-order valence-corrected chi connectivity index (χ2v) is 6.85. The zero-order valence-corrected chi connectivity index (χ0v) is 14.7. The minimum absolute atomic E-state index is 0.0544. The Kier molecular flexibility index (Phi) is 4.30. The van der Waals surface area contributed by atoms with Gasteiger partial charge >= 0.3 is 0 Å². The number of pyridine rings is 1. The lowest BCUT2D eigenvalue weighted by Crippen LogP contribution is -2.50. The fourth-order valence-corrected chi connectivity index (χ4v) is 3.45. The molecule has 6 nitrogen and oxygen atoms in total. The molecule has 0 bridgehead atoms. The van der Waals surface area contributed by atoms with Crippen molar-refractivity contribution in [2.75, 3.05) is 12.1 Å². The van der Waals surface area contributed by atoms with Crippen LogP contribution < -0.4 is 15.6 Å². The molecule has 1 atom stereocenters.